The fraction of sp³-hybridized carbons (Fsp3) is 0.875. The number of hydrogen-bond donors (Lipinski definition) is 1. The third-order valence-corrected chi connectivity index (χ3v) is 8.67. The molecular formula is C24H39NO3. The molecule has 2 bridgehead atoms. The lowest BCUT2D eigenvalue weighted by atomic mass is 9.57. The predicted molar refractivity (Wildman–Crippen MR) is 111 cm³/mol. The Morgan fingerprint density at radius 3 is 2.57 bits per heavy atom. The summed E-state index contributed by atoms with van der Waals surface area (Å²) >= 11 is 0. The zero-order valence-corrected chi connectivity index (χ0v) is 18.2. The molecular weight excluding hydrogens is 350 g/mol. The topological polar surface area (TPSA) is 49.8 Å². The normalized spacial score (nSPS) is 44.5. The number of piperidine rings is 1. The highest BCUT2D eigenvalue weighted by Gasteiger charge is 2.53. The van der Waals surface area contributed by atoms with Crippen LogP contribution < -0.4 is 0 Å². The van der Waals surface area contributed by atoms with Crippen molar-refractivity contribution in [3.05, 3.63) is 11.6 Å². The van der Waals surface area contributed by atoms with Gasteiger partial charge in [0.15, 0.2) is 0 Å². The summed E-state index contributed by atoms with van der Waals surface area (Å²) in [6.07, 6.45) is 11.7. The van der Waals surface area contributed by atoms with Crippen molar-refractivity contribution in [2.45, 2.75) is 103 Å². The summed E-state index contributed by atoms with van der Waals surface area (Å²) in [7, 11) is 0. The van der Waals surface area contributed by atoms with Crippen molar-refractivity contribution >= 4 is 5.97 Å². The molecule has 28 heavy (non-hydrogen) atoms. The zero-order valence-electron chi connectivity index (χ0n) is 18.2. The van der Waals surface area contributed by atoms with Crippen molar-refractivity contribution in [1.29, 1.82) is 0 Å². The molecule has 0 radical (unpaired) electrons. The Morgan fingerprint density at radius 2 is 1.93 bits per heavy atom. The SMILES string of the molecule is CC(=O)O[C@@H]1C[C@@]2(O)[C@H](C)CC[C@@H](C(C)CN3C4CCCC3CC4)[C@H]2C=C1C. The second kappa shape index (κ2) is 7.75. The Kier molecular flexibility index (Phi) is 5.65. The van der Waals surface area contributed by atoms with Crippen LogP contribution in [0.25, 0.3) is 0 Å². The fourth-order valence-electron chi connectivity index (χ4n) is 6.99. The van der Waals surface area contributed by atoms with Crippen LogP contribution in [0.5, 0.6) is 0 Å². The summed E-state index contributed by atoms with van der Waals surface area (Å²) in [5, 5.41) is 11.8. The molecule has 2 aliphatic heterocycles. The van der Waals surface area contributed by atoms with E-state index in [2.05, 4.69) is 31.7 Å². The van der Waals surface area contributed by atoms with Crippen LogP contribution in [0.4, 0.5) is 0 Å². The first-order valence-corrected chi connectivity index (χ1v) is 11.6. The summed E-state index contributed by atoms with van der Waals surface area (Å²) < 4.78 is 5.54. The van der Waals surface area contributed by atoms with E-state index >= 15 is 0 Å². The zero-order chi connectivity index (χ0) is 20.1. The Balaban J connectivity index is 1.53. The predicted octanol–water partition coefficient (Wildman–Crippen LogP) is 4.31. The average Bonchev–Trinajstić information content (AvgIpc) is 2.85. The summed E-state index contributed by atoms with van der Waals surface area (Å²) in [5.41, 5.74) is 0.367. The molecule has 1 N–H and O–H groups in total. The summed E-state index contributed by atoms with van der Waals surface area (Å²) in [5.74, 6) is 1.26. The number of carbonyl (C=O) groups excluding carboxylic acids is 1. The number of ether oxygens (including phenoxy) is 1. The van der Waals surface area contributed by atoms with Crippen molar-refractivity contribution in [2.75, 3.05) is 6.54 Å². The third-order valence-electron chi connectivity index (χ3n) is 8.67. The number of carbonyl (C=O) groups is 1. The van der Waals surface area contributed by atoms with Gasteiger partial charge in [-0.3, -0.25) is 9.69 Å². The van der Waals surface area contributed by atoms with Gasteiger partial charge in [-0.25, -0.2) is 0 Å². The van der Waals surface area contributed by atoms with Crippen molar-refractivity contribution < 1.29 is 14.6 Å². The minimum atomic E-state index is -0.752. The fourth-order valence-corrected chi connectivity index (χ4v) is 6.99. The van der Waals surface area contributed by atoms with Gasteiger partial charge in [0.1, 0.15) is 6.10 Å². The van der Waals surface area contributed by atoms with Gasteiger partial charge in [0.05, 0.1) is 5.60 Å². The van der Waals surface area contributed by atoms with Gasteiger partial charge >= 0.3 is 5.97 Å². The van der Waals surface area contributed by atoms with Crippen LogP contribution in [0.15, 0.2) is 11.6 Å². The van der Waals surface area contributed by atoms with Crippen LogP contribution >= 0.6 is 0 Å². The highest BCUT2D eigenvalue weighted by atomic mass is 16.5. The molecule has 4 nitrogen and oxygen atoms in total. The number of esters is 1. The van der Waals surface area contributed by atoms with E-state index in [4.69, 9.17) is 4.74 Å². The lowest BCUT2D eigenvalue weighted by molar-refractivity contribution is -0.159. The van der Waals surface area contributed by atoms with E-state index in [1.807, 2.05) is 0 Å². The van der Waals surface area contributed by atoms with Crippen LogP contribution in [0.1, 0.15) is 79.1 Å². The van der Waals surface area contributed by atoms with Gasteiger partial charge in [0.2, 0.25) is 0 Å². The molecule has 0 amide bonds. The van der Waals surface area contributed by atoms with Gasteiger partial charge in [-0.05, 0) is 68.8 Å². The first-order chi connectivity index (χ1) is 13.3. The third kappa shape index (κ3) is 3.56. The quantitative estimate of drug-likeness (QED) is 0.575. The van der Waals surface area contributed by atoms with E-state index in [0.717, 1.165) is 24.1 Å². The van der Waals surface area contributed by atoms with E-state index in [0.29, 0.717) is 18.3 Å². The molecule has 4 aliphatic rings. The maximum Gasteiger partial charge on any atom is 0.303 e. The van der Waals surface area contributed by atoms with Gasteiger partial charge in [-0.2, -0.15) is 0 Å². The van der Waals surface area contributed by atoms with Crippen molar-refractivity contribution in [3.8, 4) is 0 Å². The monoisotopic (exact) mass is 389 g/mol. The van der Waals surface area contributed by atoms with Crippen LogP contribution in [0, 0.1) is 23.7 Å². The van der Waals surface area contributed by atoms with Crippen molar-refractivity contribution in [2.24, 2.45) is 23.7 Å². The molecule has 2 aliphatic carbocycles. The van der Waals surface area contributed by atoms with Gasteiger partial charge in [0, 0.05) is 37.9 Å². The molecule has 158 valence electrons. The van der Waals surface area contributed by atoms with Crippen LogP contribution in [-0.2, 0) is 9.53 Å². The molecule has 0 aromatic heterocycles. The van der Waals surface area contributed by atoms with Crippen LogP contribution in [0.3, 0.4) is 0 Å². The molecule has 2 heterocycles. The van der Waals surface area contributed by atoms with E-state index in [9.17, 15) is 9.90 Å². The van der Waals surface area contributed by atoms with Crippen LogP contribution in [0.2, 0.25) is 0 Å². The smallest absolute Gasteiger partial charge is 0.303 e. The Hall–Kier alpha value is -0.870. The van der Waals surface area contributed by atoms with Crippen LogP contribution in [-0.4, -0.2) is 46.3 Å². The van der Waals surface area contributed by atoms with Gasteiger partial charge in [0.25, 0.3) is 0 Å². The van der Waals surface area contributed by atoms with E-state index < -0.39 is 5.60 Å². The second-order valence-electron chi connectivity index (χ2n) is 10.4. The second-order valence-corrected chi connectivity index (χ2v) is 10.4. The molecule has 3 fully saturated rings. The lowest BCUT2D eigenvalue weighted by Gasteiger charge is -2.53. The molecule has 0 aromatic rings. The number of aliphatic hydroxyl groups is 1. The largest absolute Gasteiger partial charge is 0.458 e. The first kappa shape index (κ1) is 20.4. The van der Waals surface area contributed by atoms with Gasteiger partial charge in [-0.15, -0.1) is 0 Å². The molecule has 4 rings (SSSR count). The molecule has 8 atom stereocenters. The maximum absolute atomic E-state index is 11.8. The molecule has 0 spiro atoms. The van der Waals surface area contributed by atoms with Gasteiger partial charge < -0.3 is 9.84 Å². The van der Waals surface area contributed by atoms with E-state index in [-0.39, 0.29) is 23.9 Å². The van der Waals surface area contributed by atoms with Gasteiger partial charge in [-0.1, -0.05) is 26.3 Å². The number of rotatable bonds is 4. The molecule has 1 saturated carbocycles. The highest BCUT2D eigenvalue weighted by Crippen LogP contribution is 2.51. The van der Waals surface area contributed by atoms with Crippen molar-refractivity contribution in [3.63, 3.8) is 0 Å². The average molecular weight is 390 g/mol. The molecule has 0 aromatic carbocycles. The van der Waals surface area contributed by atoms with Crippen molar-refractivity contribution in [1.82, 2.24) is 4.90 Å². The lowest BCUT2D eigenvalue weighted by Crippen LogP contribution is -2.56. The number of fused-ring (bicyclic) bond motifs is 3. The van der Waals surface area contributed by atoms with E-state index in [1.165, 1.54) is 52.0 Å². The molecule has 4 heteroatoms. The molecule has 2 saturated heterocycles. The summed E-state index contributed by atoms with van der Waals surface area (Å²) in [6, 6.07) is 1.61. The molecule has 3 unspecified atom stereocenters. The maximum atomic E-state index is 11.8. The number of nitrogens with zero attached hydrogens (tertiary/aromatic N) is 1. The highest BCUT2D eigenvalue weighted by molar-refractivity contribution is 5.66. The summed E-state index contributed by atoms with van der Waals surface area (Å²) in [4.78, 5) is 14.3. The Morgan fingerprint density at radius 1 is 1.25 bits per heavy atom. The Bertz CT molecular complexity index is 615. The first-order valence-electron chi connectivity index (χ1n) is 11.6. The van der Waals surface area contributed by atoms with E-state index in [1.54, 1.807) is 0 Å². The standard InChI is InChI=1S/C24H39NO3/c1-15-12-22-21(16(2)14-25-19-6-5-7-20(25)10-9-19)11-8-17(3)24(22,27)13-23(15)28-18(4)26/h12,16-17,19-23,27H,5-11,13-14H2,1-4H3/t16?,17-,19?,20?,21+,22-,23-,24-/m1/s1. The summed E-state index contributed by atoms with van der Waals surface area (Å²) in [6.45, 7) is 9.31. The number of hydrogen-bond acceptors (Lipinski definition) is 4. The minimum absolute atomic E-state index is 0.181. The Labute approximate surface area is 170 Å². The minimum Gasteiger partial charge on any atom is -0.458 e.